The number of amides is 1. The van der Waals surface area contributed by atoms with Crippen molar-refractivity contribution < 1.29 is 18.0 Å². The van der Waals surface area contributed by atoms with Gasteiger partial charge in [0, 0.05) is 11.7 Å². The first kappa shape index (κ1) is 14.6. The maximum Gasteiger partial charge on any atom is 0.417 e. The summed E-state index contributed by atoms with van der Waals surface area (Å²) < 4.78 is 39.4. The van der Waals surface area contributed by atoms with Crippen LogP contribution < -0.4 is 4.90 Å². The Bertz CT molecular complexity index is 724. The Morgan fingerprint density at radius 1 is 1.09 bits per heavy atom. The molecule has 2 aromatic rings. The summed E-state index contributed by atoms with van der Waals surface area (Å²) in [6, 6.07) is 12.1. The lowest BCUT2D eigenvalue weighted by molar-refractivity contribution is -0.137. The number of nitrogens with zero attached hydrogens (tertiary/aromatic N) is 1. The van der Waals surface area contributed by atoms with Gasteiger partial charge >= 0.3 is 6.18 Å². The Morgan fingerprint density at radius 3 is 2.45 bits per heavy atom. The highest BCUT2D eigenvalue weighted by Crippen LogP contribution is 2.36. The molecule has 0 spiro atoms. The predicted molar refractivity (Wildman–Crippen MR) is 77.9 cm³/mol. The third-order valence-electron chi connectivity index (χ3n) is 3.89. The van der Waals surface area contributed by atoms with Gasteiger partial charge in [0.25, 0.3) is 5.91 Å². The topological polar surface area (TPSA) is 20.3 Å². The normalized spacial score (nSPS) is 17.5. The van der Waals surface area contributed by atoms with E-state index in [-0.39, 0.29) is 11.6 Å². The zero-order valence-electron chi connectivity index (χ0n) is 11.9. The van der Waals surface area contributed by atoms with Crippen molar-refractivity contribution in [2.45, 2.75) is 25.6 Å². The summed E-state index contributed by atoms with van der Waals surface area (Å²) in [5.41, 5.74) is 0.472. The number of hydrogen-bond acceptors (Lipinski definition) is 1. The van der Waals surface area contributed by atoms with Crippen molar-refractivity contribution in [1.29, 1.82) is 0 Å². The van der Waals surface area contributed by atoms with E-state index in [1.54, 1.807) is 12.1 Å². The van der Waals surface area contributed by atoms with Gasteiger partial charge in [0.05, 0.1) is 11.1 Å². The fourth-order valence-electron chi connectivity index (χ4n) is 2.92. The van der Waals surface area contributed by atoms with Gasteiger partial charge in [0.1, 0.15) is 0 Å². The molecule has 22 heavy (non-hydrogen) atoms. The molecule has 1 aliphatic rings. The van der Waals surface area contributed by atoms with Crippen LogP contribution in [-0.4, -0.2) is 11.9 Å². The Morgan fingerprint density at radius 2 is 1.73 bits per heavy atom. The van der Waals surface area contributed by atoms with E-state index in [0.717, 1.165) is 11.6 Å². The van der Waals surface area contributed by atoms with Crippen molar-refractivity contribution in [3.8, 4) is 0 Å². The molecule has 0 saturated heterocycles. The van der Waals surface area contributed by atoms with Crippen LogP contribution in [0.3, 0.4) is 0 Å². The monoisotopic (exact) mass is 305 g/mol. The molecule has 1 aliphatic heterocycles. The molecule has 2 aromatic carbocycles. The van der Waals surface area contributed by atoms with E-state index >= 15 is 0 Å². The number of hydrogen-bond donors (Lipinski definition) is 0. The summed E-state index contributed by atoms with van der Waals surface area (Å²) in [5, 5.41) is 0. The quantitative estimate of drug-likeness (QED) is 0.769. The van der Waals surface area contributed by atoms with E-state index in [4.69, 9.17) is 0 Å². The van der Waals surface area contributed by atoms with E-state index < -0.39 is 17.6 Å². The number of alkyl halides is 3. The molecule has 1 heterocycles. The van der Waals surface area contributed by atoms with E-state index in [2.05, 4.69) is 0 Å². The van der Waals surface area contributed by atoms with E-state index in [9.17, 15) is 18.0 Å². The smallest absolute Gasteiger partial charge is 0.305 e. The Labute approximate surface area is 126 Å². The first-order valence-corrected chi connectivity index (χ1v) is 6.97. The molecule has 1 atom stereocenters. The number of rotatable bonds is 1. The highest BCUT2D eigenvalue weighted by atomic mass is 19.4. The van der Waals surface area contributed by atoms with Crippen LogP contribution in [0.1, 0.15) is 28.4 Å². The molecule has 3 rings (SSSR count). The molecule has 1 amide bonds. The Kier molecular flexibility index (Phi) is 3.43. The molecular weight excluding hydrogens is 291 g/mol. The van der Waals surface area contributed by atoms with Crippen LogP contribution in [-0.2, 0) is 12.6 Å². The zero-order valence-corrected chi connectivity index (χ0v) is 11.9. The van der Waals surface area contributed by atoms with Crippen LogP contribution in [0.4, 0.5) is 18.9 Å². The van der Waals surface area contributed by atoms with Gasteiger partial charge in [-0.2, -0.15) is 13.2 Å². The zero-order chi connectivity index (χ0) is 15.9. The summed E-state index contributed by atoms with van der Waals surface area (Å²) in [6.45, 7) is 1.84. The SMILES string of the molecule is C[C@@H]1Cc2ccccc2N1C(=O)c1ccccc1C(F)(F)F. The van der Waals surface area contributed by atoms with Crippen LogP contribution in [0, 0.1) is 0 Å². The first-order valence-electron chi connectivity index (χ1n) is 6.97. The fourth-order valence-corrected chi connectivity index (χ4v) is 2.92. The van der Waals surface area contributed by atoms with Gasteiger partial charge in [-0.3, -0.25) is 4.79 Å². The molecule has 0 aliphatic carbocycles. The van der Waals surface area contributed by atoms with Crippen molar-refractivity contribution in [1.82, 2.24) is 0 Å². The van der Waals surface area contributed by atoms with Crippen LogP contribution in [0.2, 0.25) is 0 Å². The molecule has 0 aromatic heterocycles. The maximum atomic E-state index is 13.1. The number of fused-ring (bicyclic) bond motifs is 1. The third-order valence-corrected chi connectivity index (χ3v) is 3.89. The number of para-hydroxylation sites is 1. The second kappa shape index (κ2) is 5.16. The number of carbonyl (C=O) groups excluding carboxylic acids is 1. The van der Waals surface area contributed by atoms with Gasteiger partial charge in [-0.1, -0.05) is 30.3 Å². The van der Waals surface area contributed by atoms with Crippen LogP contribution in [0.15, 0.2) is 48.5 Å². The molecule has 0 bridgehead atoms. The molecule has 5 heteroatoms. The standard InChI is InChI=1S/C17H14F3NO/c1-11-10-12-6-2-5-9-15(12)21(11)16(22)13-7-3-4-8-14(13)17(18,19)20/h2-9,11H,10H2,1H3/t11-/m1/s1. The van der Waals surface area contributed by atoms with Crippen molar-refractivity contribution in [3.63, 3.8) is 0 Å². The van der Waals surface area contributed by atoms with Crippen molar-refractivity contribution >= 4 is 11.6 Å². The van der Waals surface area contributed by atoms with Crippen molar-refractivity contribution in [2.24, 2.45) is 0 Å². The average Bonchev–Trinajstić information content (AvgIpc) is 2.81. The van der Waals surface area contributed by atoms with Crippen LogP contribution in [0.25, 0.3) is 0 Å². The molecule has 2 nitrogen and oxygen atoms in total. The lowest BCUT2D eigenvalue weighted by Crippen LogP contribution is -2.36. The number of halogens is 3. The van der Waals surface area contributed by atoms with Gasteiger partial charge in [-0.25, -0.2) is 0 Å². The molecule has 0 radical (unpaired) electrons. The predicted octanol–water partition coefficient (Wildman–Crippen LogP) is 4.30. The van der Waals surface area contributed by atoms with Crippen molar-refractivity contribution in [3.05, 3.63) is 65.2 Å². The summed E-state index contributed by atoms with van der Waals surface area (Å²) in [6.07, 6.45) is -3.90. The molecule has 0 unspecified atom stereocenters. The first-order chi connectivity index (χ1) is 10.4. The number of anilines is 1. The van der Waals surface area contributed by atoms with Crippen LogP contribution >= 0.6 is 0 Å². The largest absolute Gasteiger partial charge is 0.417 e. The average molecular weight is 305 g/mol. The second-order valence-electron chi connectivity index (χ2n) is 5.40. The second-order valence-corrected chi connectivity index (χ2v) is 5.40. The molecular formula is C17H14F3NO. The molecule has 114 valence electrons. The number of carbonyl (C=O) groups is 1. The lowest BCUT2D eigenvalue weighted by atomic mass is 10.1. The molecule has 0 saturated carbocycles. The highest BCUT2D eigenvalue weighted by molar-refractivity contribution is 6.08. The maximum absolute atomic E-state index is 13.1. The lowest BCUT2D eigenvalue weighted by Gasteiger charge is -2.24. The van der Waals surface area contributed by atoms with Crippen LogP contribution in [0.5, 0.6) is 0 Å². The van der Waals surface area contributed by atoms with E-state index in [1.165, 1.54) is 23.1 Å². The Balaban J connectivity index is 2.06. The minimum absolute atomic E-state index is 0.161. The summed E-state index contributed by atoms with van der Waals surface area (Å²) in [5.74, 6) is -0.606. The van der Waals surface area contributed by atoms with Gasteiger partial charge in [0.15, 0.2) is 0 Å². The van der Waals surface area contributed by atoms with Crippen molar-refractivity contribution in [2.75, 3.05) is 4.90 Å². The van der Waals surface area contributed by atoms with Gasteiger partial charge in [-0.15, -0.1) is 0 Å². The van der Waals surface area contributed by atoms with Gasteiger partial charge < -0.3 is 4.90 Å². The summed E-state index contributed by atoms with van der Waals surface area (Å²) >= 11 is 0. The molecule has 0 N–H and O–H groups in total. The third kappa shape index (κ3) is 2.36. The van der Waals surface area contributed by atoms with Gasteiger partial charge in [-0.05, 0) is 37.1 Å². The number of benzene rings is 2. The minimum atomic E-state index is -4.55. The molecule has 0 fully saturated rings. The van der Waals surface area contributed by atoms with E-state index in [0.29, 0.717) is 12.1 Å². The van der Waals surface area contributed by atoms with Gasteiger partial charge in [0.2, 0.25) is 0 Å². The summed E-state index contributed by atoms with van der Waals surface area (Å²) in [7, 11) is 0. The summed E-state index contributed by atoms with van der Waals surface area (Å²) in [4.78, 5) is 14.2. The Hall–Kier alpha value is -2.30. The fraction of sp³-hybridized carbons (Fsp3) is 0.235. The highest BCUT2D eigenvalue weighted by Gasteiger charge is 2.38. The minimum Gasteiger partial charge on any atom is -0.305 e. The van der Waals surface area contributed by atoms with E-state index in [1.807, 2.05) is 19.1 Å².